The summed E-state index contributed by atoms with van der Waals surface area (Å²) in [7, 11) is 1.50. The van der Waals surface area contributed by atoms with Crippen molar-refractivity contribution in [2.75, 3.05) is 32.1 Å². The highest BCUT2D eigenvalue weighted by molar-refractivity contribution is 7.13. The molecule has 1 aliphatic rings. The molecular formula is C17H19FN4O3S. The van der Waals surface area contributed by atoms with Crippen molar-refractivity contribution in [1.82, 2.24) is 15.1 Å². The molecule has 138 valence electrons. The van der Waals surface area contributed by atoms with Gasteiger partial charge in [0.15, 0.2) is 0 Å². The van der Waals surface area contributed by atoms with Crippen molar-refractivity contribution in [3.63, 3.8) is 0 Å². The molecule has 0 radical (unpaired) electrons. The zero-order valence-electron chi connectivity index (χ0n) is 14.3. The fourth-order valence-corrected chi connectivity index (χ4v) is 3.69. The van der Waals surface area contributed by atoms with Crippen LogP contribution in [0.4, 0.5) is 10.1 Å². The highest BCUT2D eigenvalue weighted by atomic mass is 32.1. The molecule has 26 heavy (non-hydrogen) atoms. The first-order valence-corrected chi connectivity index (χ1v) is 9.05. The minimum atomic E-state index is -0.386. The predicted molar refractivity (Wildman–Crippen MR) is 94.7 cm³/mol. The van der Waals surface area contributed by atoms with Crippen LogP contribution < -0.4 is 5.32 Å². The minimum absolute atomic E-state index is 0.0454. The monoisotopic (exact) mass is 378 g/mol. The first-order chi connectivity index (χ1) is 12.6. The van der Waals surface area contributed by atoms with Gasteiger partial charge in [-0.15, -0.1) is 10.2 Å². The second-order valence-electron chi connectivity index (χ2n) is 6.02. The Morgan fingerprint density at radius 1 is 1.35 bits per heavy atom. The molecule has 1 aromatic heterocycles. The molecule has 0 saturated carbocycles. The zero-order chi connectivity index (χ0) is 18.5. The highest BCUT2D eigenvalue weighted by Gasteiger charge is 2.27. The third-order valence-electron chi connectivity index (χ3n) is 4.13. The van der Waals surface area contributed by atoms with Gasteiger partial charge in [-0.25, -0.2) is 4.39 Å². The van der Waals surface area contributed by atoms with Crippen LogP contribution in [0.25, 0.3) is 0 Å². The Bertz CT molecular complexity index is 781. The molecule has 2 amide bonds. The number of nitrogens with zero attached hydrogens (tertiary/aromatic N) is 3. The molecule has 2 aromatic rings. The van der Waals surface area contributed by atoms with E-state index in [0.717, 1.165) is 17.8 Å². The number of amides is 2. The van der Waals surface area contributed by atoms with Crippen molar-refractivity contribution in [1.29, 1.82) is 0 Å². The van der Waals surface area contributed by atoms with Gasteiger partial charge in [0.05, 0.1) is 0 Å². The van der Waals surface area contributed by atoms with Crippen molar-refractivity contribution >= 4 is 28.8 Å². The second-order valence-corrected chi connectivity index (χ2v) is 7.03. The Morgan fingerprint density at radius 2 is 2.12 bits per heavy atom. The van der Waals surface area contributed by atoms with E-state index in [4.69, 9.17) is 4.74 Å². The first kappa shape index (κ1) is 18.4. The number of methoxy groups -OCH3 is 1. The molecular weight excluding hydrogens is 359 g/mol. The molecule has 1 fully saturated rings. The number of carbonyl (C=O) groups excluding carboxylic acids is 2. The summed E-state index contributed by atoms with van der Waals surface area (Å²) in [5, 5.41) is 11.7. The number of likely N-dealkylation sites (tertiary alicyclic amines) is 1. The SMILES string of the molecule is COCC(=O)N1CCCC(c2nnc(C(=O)Nc3ccc(F)cc3)s2)C1. The summed E-state index contributed by atoms with van der Waals surface area (Å²) in [6, 6.07) is 5.51. The number of aromatic nitrogens is 2. The van der Waals surface area contributed by atoms with Crippen LogP contribution in [0.5, 0.6) is 0 Å². The summed E-state index contributed by atoms with van der Waals surface area (Å²) >= 11 is 1.22. The highest BCUT2D eigenvalue weighted by Crippen LogP contribution is 2.29. The maximum absolute atomic E-state index is 12.9. The number of anilines is 1. The quantitative estimate of drug-likeness (QED) is 0.863. The standard InChI is InChI=1S/C17H19FN4O3S/c1-25-10-14(23)22-8-2-3-11(9-22)16-20-21-17(26-16)15(24)19-13-6-4-12(18)5-7-13/h4-7,11H,2-3,8-10H2,1H3,(H,19,24). The van der Waals surface area contributed by atoms with Crippen LogP contribution >= 0.6 is 11.3 Å². The van der Waals surface area contributed by atoms with Gasteiger partial charge in [-0.1, -0.05) is 11.3 Å². The first-order valence-electron chi connectivity index (χ1n) is 8.24. The van der Waals surface area contributed by atoms with Gasteiger partial charge < -0.3 is 15.0 Å². The van der Waals surface area contributed by atoms with E-state index in [1.807, 2.05) is 0 Å². The van der Waals surface area contributed by atoms with Crippen molar-refractivity contribution in [3.8, 4) is 0 Å². The number of nitrogens with one attached hydrogen (secondary N) is 1. The fourth-order valence-electron chi connectivity index (χ4n) is 2.83. The number of rotatable bonds is 5. The molecule has 1 unspecified atom stereocenters. The van der Waals surface area contributed by atoms with Gasteiger partial charge in [0.1, 0.15) is 17.4 Å². The largest absolute Gasteiger partial charge is 0.375 e. The number of benzene rings is 1. The van der Waals surface area contributed by atoms with E-state index >= 15 is 0 Å². The summed E-state index contributed by atoms with van der Waals surface area (Å²) in [6.07, 6.45) is 1.77. The summed E-state index contributed by atoms with van der Waals surface area (Å²) < 4.78 is 17.8. The summed E-state index contributed by atoms with van der Waals surface area (Å²) in [4.78, 5) is 26.0. The van der Waals surface area contributed by atoms with Gasteiger partial charge in [0, 0.05) is 31.8 Å². The van der Waals surface area contributed by atoms with E-state index in [0.29, 0.717) is 18.8 Å². The Hall–Kier alpha value is -2.39. The average molecular weight is 378 g/mol. The second kappa shape index (κ2) is 8.33. The number of hydrogen-bond acceptors (Lipinski definition) is 6. The Kier molecular flexibility index (Phi) is 5.89. The van der Waals surface area contributed by atoms with Crippen LogP contribution in [0.2, 0.25) is 0 Å². The molecule has 0 bridgehead atoms. The van der Waals surface area contributed by atoms with Crippen LogP contribution in [0.15, 0.2) is 24.3 Å². The molecule has 0 spiro atoms. The van der Waals surface area contributed by atoms with E-state index in [-0.39, 0.29) is 35.2 Å². The van der Waals surface area contributed by atoms with Gasteiger partial charge >= 0.3 is 0 Å². The number of hydrogen-bond donors (Lipinski definition) is 1. The molecule has 1 atom stereocenters. The normalized spacial score (nSPS) is 17.2. The Labute approximate surface area is 154 Å². The summed E-state index contributed by atoms with van der Waals surface area (Å²) in [5.41, 5.74) is 0.488. The molecule has 2 heterocycles. The Balaban J connectivity index is 1.64. The average Bonchev–Trinajstić information content (AvgIpc) is 3.14. The van der Waals surface area contributed by atoms with Gasteiger partial charge in [-0.2, -0.15) is 0 Å². The van der Waals surface area contributed by atoms with Gasteiger partial charge in [-0.3, -0.25) is 9.59 Å². The fraction of sp³-hybridized carbons (Fsp3) is 0.412. The van der Waals surface area contributed by atoms with E-state index in [9.17, 15) is 14.0 Å². The van der Waals surface area contributed by atoms with Crippen molar-refractivity contribution < 1.29 is 18.7 Å². The smallest absolute Gasteiger partial charge is 0.286 e. The third kappa shape index (κ3) is 4.41. The number of piperidine rings is 1. The predicted octanol–water partition coefficient (Wildman–Crippen LogP) is 2.28. The van der Waals surface area contributed by atoms with Crippen LogP contribution in [0.1, 0.15) is 33.6 Å². The lowest BCUT2D eigenvalue weighted by atomic mass is 9.99. The maximum atomic E-state index is 12.9. The molecule has 1 aromatic carbocycles. The number of halogens is 1. The van der Waals surface area contributed by atoms with Crippen LogP contribution in [-0.4, -0.2) is 53.7 Å². The molecule has 9 heteroatoms. The minimum Gasteiger partial charge on any atom is -0.375 e. The van der Waals surface area contributed by atoms with Crippen molar-refractivity contribution in [2.24, 2.45) is 0 Å². The van der Waals surface area contributed by atoms with Gasteiger partial charge in [0.2, 0.25) is 10.9 Å². The molecule has 3 rings (SSSR count). The van der Waals surface area contributed by atoms with Crippen molar-refractivity contribution in [2.45, 2.75) is 18.8 Å². The van der Waals surface area contributed by atoms with Crippen LogP contribution in [0, 0.1) is 5.82 Å². The van der Waals surface area contributed by atoms with Crippen LogP contribution in [0.3, 0.4) is 0 Å². The summed E-state index contributed by atoms with van der Waals surface area (Å²) in [6.45, 7) is 1.32. The van der Waals surface area contributed by atoms with Gasteiger partial charge in [-0.05, 0) is 37.1 Å². The van der Waals surface area contributed by atoms with Crippen molar-refractivity contribution in [3.05, 3.63) is 40.1 Å². The number of carbonyl (C=O) groups is 2. The lowest BCUT2D eigenvalue weighted by molar-refractivity contribution is -0.136. The Morgan fingerprint density at radius 3 is 2.85 bits per heavy atom. The van der Waals surface area contributed by atoms with E-state index in [2.05, 4.69) is 15.5 Å². The van der Waals surface area contributed by atoms with E-state index in [1.54, 1.807) is 4.90 Å². The zero-order valence-corrected chi connectivity index (χ0v) is 15.1. The molecule has 0 aliphatic carbocycles. The van der Waals surface area contributed by atoms with E-state index in [1.165, 1.54) is 42.7 Å². The topological polar surface area (TPSA) is 84.4 Å². The molecule has 7 nitrogen and oxygen atoms in total. The van der Waals surface area contributed by atoms with E-state index < -0.39 is 0 Å². The molecule has 1 saturated heterocycles. The molecule has 1 N–H and O–H groups in total. The summed E-state index contributed by atoms with van der Waals surface area (Å²) in [5.74, 6) is -0.736. The lowest BCUT2D eigenvalue weighted by Crippen LogP contribution is -2.40. The number of ether oxygens (including phenoxy) is 1. The maximum Gasteiger partial charge on any atom is 0.286 e. The molecule has 1 aliphatic heterocycles. The lowest BCUT2D eigenvalue weighted by Gasteiger charge is -2.31. The van der Waals surface area contributed by atoms with Gasteiger partial charge in [0.25, 0.3) is 5.91 Å². The third-order valence-corrected chi connectivity index (χ3v) is 5.21. The van der Waals surface area contributed by atoms with Crippen LogP contribution in [-0.2, 0) is 9.53 Å².